The molecule has 0 bridgehead atoms. The summed E-state index contributed by atoms with van der Waals surface area (Å²) in [5.74, 6) is 0.616. The number of carbonyl (C=O) groups excluding carboxylic acids is 1. The lowest BCUT2D eigenvalue weighted by molar-refractivity contribution is -0.124. The second kappa shape index (κ2) is 9.90. The van der Waals surface area contributed by atoms with Crippen LogP contribution in [0.2, 0.25) is 0 Å². The molecule has 5 rings (SSSR count). The van der Waals surface area contributed by atoms with Gasteiger partial charge in [-0.15, -0.1) is 0 Å². The van der Waals surface area contributed by atoms with Crippen LogP contribution in [0.5, 0.6) is 0 Å². The molecule has 10 heteroatoms. The van der Waals surface area contributed by atoms with E-state index < -0.39 is 28.2 Å². The third-order valence-corrected chi connectivity index (χ3v) is 10.8. The fourth-order valence-corrected chi connectivity index (χ4v) is 8.46. The first-order valence-corrected chi connectivity index (χ1v) is 15.0. The normalized spacial score (nSPS) is 45.7. The van der Waals surface area contributed by atoms with Crippen LogP contribution < -0.4 is 10.6 Å². The maximum absolute atomic E-state index is 14.7. The SMILES string of the molecule is CC1CCC(F)C2CC(C(=O)NC3CC(F)CC(N4CC[C@H](N5CCS(=O)(=O)CC5)C4)C3)NC12. The number of nitrogens with one attached hydrogen (secondary N) is 2. The number of nitrogens with zero attached hydrogens (tertiary/aromatic N) is 2. The van der Waals surface area contributed by atoms with Crippen LogP contribution in [0.1, 0.15) is 51.9 Å². The Morgan fingerprint density at radius 2 is 1.71 bits per heavy atom. The molecule has 3 aliphatic heterocycles. The van der Waals surface area contributed by atoms with Crippen LogP contribution in [0.25, 0.3) is 0 Å². The van der Waals surface area contributed by atoms with Gasteiger partial charge in [0.15, 0.2) is 9.84 Å². The minimum Gasteiger partial charge on any atom is -0.352 e. The van der Waals surface area contributed by atoms with Crippen molar-refractivity contribution in [3.8, 4) is 0 Å². The van der Waals surface area contributed by atoms with Gasteiger partial charge in [0.25, 0.3) is 0 Å². The minimum atomic E-state index is -2.90. The smallest absolute Gasteiger partial charge is 0.237 e. The van der Waals surface area contributed by atoms with Gasteiger partial charge >= 0.3 is 0 Å². The Labute approximate surface area is 202 Å². The van der Waals surface area contributed by atoms with Crippen molar-refractivity contribution in [3.63, 3.8) is 0 Å². The lowest BCUT2D eigenvalue weighted by atomic mass is 9.77. The van der Waals surface area contributed by atoms with Gasteiger partial charge in [-0.3, -0.25) is 14.6 Å². The highest BCUT2D eigenvalue weighted by molar-refractivity contribution is 7.91. The summed E-state index contributed by atoms with van der Waals surface area (Å²) in [6, 6.07) is -0.131. The number of halogens is 2. The highest BCUT2D eigenvalue weighted by Crippen LogP contribution is 2.39. The predicted molar refractivity (Wildman–Crippen MR) is 127 cm³/mol. The molecule has 8 unspecified atom stereocenters. The summed E-state index contributed by atoms with van der Waals surface area (Å²) in [4.78, 5) is 17.6. The van der Waals surface area contributed by atoms with Crippen molar-refractivity contribution in [1.29, 1.82) is 0 Å². The highest BCUT2D eigenvalue weighted by atomic mass is 32.2. The van der Waals surface area contributed by atoms with E-state index in [1.54, 1.807) is 0 Å². The number of sulfone groups is 1. The topological polar surface area (TPSA) is 81.8 Å². The van der Waals surface area contributed by atoms with Gasteiger partial charge in [-0.1, -0.05) is 6.92 Å². The lowest BCUT2D eigenvalue weighted by Crippen LogP contribution is -2.53. The summed E-state index contributed by atoms with van der Waals surface area (Å²) < 4.78 is 52.6. The second-order valence-electron chi connectivity index (χ2n) is 11.5. The molecule has 1 amide bonds. The van der Waals surface area contributed by atoms with E-state index in [4.69, 9.17) is 0 Å². The number of carbonyl (C=O) groups is 1. The summed E-state index contributed by atoms with van der Waals surface area (Å²) in [7, 11) is -2.90. The summed E-state index contributed by atoms with van der Waals surface area (Å²) in [5, 5.41) is 6.48. The van der Waals surface area contributed by atoms with Gasteiger partial charge in [0, 0.05) is 56.3 Å². The molecule has 194 valence electrons. The molecule has 2 aliphatic carbocycles. The zero-order chi connectivity index (χ0) is 24.0. The summed E-state index contributed by atoms with van der Waals surface area (Å²) in [6.07, 6.45) is 2.69. The Morgan fingerprint density at radius 3 is 2.44 bits per heavy atom. The zero-order valence-electron chi connectivity index (χ0n) is 20.2. The Kier molecular flexibility index (Phi) is 7.23. The average molecular weight is 503 g/mol. The molecule has 5 fully saturated rings. The van der Waals surface area contributed by atoms with E-state index in [-0.39, 0.29) is 41.5 Å². The van der Waals surface area contributed by atoms with Gasteiger partial charge in [-0.25, -0.2) is 17.2 Å². The summed E-state index contributed by atoms with van der Waals surface area (Å²) in [5.41, 5.74) is 0. The largest absolute Gasteiger partial charge is 0.352 e. The molecule has 2 N–H and O–H groups in total. The van der Waals surface area contributed by atoms with Gasteiger partial charge in [0.05, 0.1) is 17.5 Å². The van der Waals surface area contributed by atoms with Gasteiger partial charge in [-0.05, 0) is 50.9 Å². The van der Waals surface area contributed by atoms with E-state index in [1.807, 2.05) is 0 Å². The molecule has 0 aromatic rings. The molecule has 0 aromatic heterocycles. The Hall–Kier alpha value is -0.840. The van der Waals surface area contributed by atoms with Crippen LogP contribution in [0.3, 0.4) is 0 Å². The fraction of sp³-hybridized carbons (Fsp3) is 0.958. The van der Waals surface area contributed by atoms with Crippen LogP contribution in [-0.2, 0) is 14.6 Å². The van der Waals surface area contributed by atoms with Crippen LogP contribution in [0, 0.1) is 11.8 Å². The number of hydrogen-bond acceptors (Lipinski definition) is 6. The molecule has 3 saturated heterocycles. The van der Waals surface area contributed by atoms with Crippen LogP contribution in [0.15, 0.2) is 0 Å². The number of likely N-dealkylation sites (tertiary alicyclic amines) is 1. The van der Waals surface area contributed by atoms with Crippen molar-refractivity contribution in [2.75, 3.05) is 37.7 Å². The standard InChI is InChI=1S/C24H40F2N4O3S/c1-15-2-3-21(26)20-13-22(28-23(15)20)24(31)27-17-10-16(25)11-19(12-17)30-5-4-18(14-30)29-6-8-34(32,33)9-7-29/h15-23,28H,2-14H2,1H3,(H,27,31)/t15?,16?,17?,18-,19?,20?,21?,22?,23?/m0/s1. The van der Waals surface area contributed by atoms with E-state index in [0.29, 0.717) is 50.7 Å². The van der Waals surface area contributed by atoms with E-state index >= 15 is 0 Å². The fourth-order valence-electron chi connectivity index (χ4n) is 7.23. The number of rotatable bonds is 4. The first kappa shape index (κ1) is 24.8. The molecule has 0 aromatic carbocycles. The highest BCUT2D eigenvalue weighted by Gasteiger charge is 2.47. The number of amides is 1. The van der Waals surface area contributed by atoms with Gasteiger partial charge in [-0.2, -0.15) is 0 Å². The van der Waals surface area contributed by atoms with Crippen LogP contribution >= 0.6 is 0 Å². The monoisotopic (exact) mass is 502 g/mol. The average Bonchev–Trinajstić information content (AvgIpc) is 3.45. The predicted octanol–water partition coefficient (Wildman–Crippen LogP) is 1.28. The van der Waals surface area contributed by atoms with Gasteiger partial charge in [0.2, 0.25) is 5.91 Å². The van der Waals surface area contributed by atoms with Crippen molar-refractivity contribution < 1.29 is 22.0 Å². The summed E-state index contributed by atoms with van der Waals surface area (Å²) in [6.45, 7) is 5.02. The van der Waals surface area contributed by atoms with Crippen molar-refractivity contribution in [3.05, 3.63) is 0 Å². The zero-order valence-corrected chi connectivity index (χ0v) is 21.0. The second-order valence-corrected chi connectivity index (χ2v) is 13.8. The van der Waals surface area contributed by atoms with Crippen molar-refractivity contribution in [2.24, 2.45) is 11.8 Å². The first-order valence-electron chi connectivity index (χ1n) is 13.2. The van der Waals surface area contributed by atoms with E-state index in [0.717, 1.165) is 32.4 Å². The number of fused-ring (bicyclic) bond motifs is 1. The molecule has 34 heavy (non-hydrogen) atoms. The molecule has 2 saturated carbocycles. The molecular formula is C24H40F2N4O3S. The quantitative estimate of drug-likeness (QED) is 0.603. The molecule has 3 heterocycles. The van der Waals surface area contributed by atoms with Gasteiger partial charge in [0.1, 0.15) is 12.3 Å². The van der Waals surface area contributed by atoms with Crippen molar-refractivity contribution in [2.45, 2.75) is 94.4 Å². The summed E-state index contributed by atoms with van der Waals surface area (Å²) >= 11 is 0. The lowest BCUT2D eigenvalue weighted by Gasteiger charge is -2.38. The molecule has 9 atom stereocenters. The van der Waals surface area contributed by atoms with E-state index in [9.17, 15) is 22.0 Å². The van der Waals surface area contributed by atoms with Crippen molar-refractivity contribution >= 4 is 15.7 Å². The molecule has 0 spiro atoms. The van der Waals surface area contributed by atoms with Crippen LogP contribution in [-0.4, -0.2) is 104 Å². The third kappa shape index (κ3) is 5.30. The third-order valence-electron chi connectivity index (χ3n) is 9.23. The number of hydrogen-bond donors (Lipinski definition) is 2. The molecule has 0 radical (unpaired) electrons. The molecule has 7 nitrogen and oxygen atoms in total. The van der Waals surface area contributed by atoms with Gasteiger partial charge < -0.3 is 10.6 Å². The Balaban J connectivity index is 1.14. The molecule has 5 aliphatic rings. The Morgan fingerprint density at radius 1 is 0.941 bits per heavy atom. The number of alkyl halides is 2. The molecular weight excluding hydrogens is 462 g/mol. The van der Waals surface area contributed by atoms with E-state index in [2.05, 4.69) is 27.4 Å². The van der Waals surface area contributed by atoms with Crippen LogP contribution in [0.4, 0.5) is 8.78 Å². The minimum absolute atomic E-state index is 0.0545. The maximum Gasteiger partial charge on any atom is 0.237 e. The Bertz CT molecular complexity index is 829. The van der Waals surface area contributed by atoms with Crippen molar-refractivity contribution in [1.82, 2.24) is 20.4 Å². The van der Waals surface area contributed by atoms with E-state index in [1.165, 1.54) is 0 Å². The maximum atomic E-state index is 14.7. The first-order chi connectivity index (χ1) is 16.2.